The van der Waals surface area contributed by atoms with Gasteiger partial charge >= 0.3 is 17.9 Å². The van der Waals surface area contributed by atoms with Gasteiger partial charge in [0.1, 0.15) is 0 Å². The number of carbonyl (C=O) groups excluding carboxylic acids is 3. The van der Waals surface area contributed by atoms with Crippen molar-refractivity contribution in [3.05, 3.63) is 42.3 Å². The van der Waals surface area contributed by atoms with Crippen molar-refractivity contribution in [2.45, 2.75) is 27.2 Å². The number of ether oxygens (including phenoxy) is 3. The Kier molecular flexibility index (Phi) is 13.0. The molecule has 1 rings (SSSR count). The van der Waals surface area contributed by atoms with Gasteiger partial charge in [-0.25, -0.2) is 0 Å². The van der Waals surface area contributed by atoms with Crippen molar-refractivity contribution in [3.8, 4) is 0 Å². The summed E-state index contributed by atoms with van der Waals surface area (Å²) < 4.78 is 15.0. The van der Waals surface area contributed by atoms with Crippen LogP contribution in [0.4, 0.5) is 0 Å². The molecule has 6 nitrogen and oxygen atoms in total. The van der Waals surface area contributed by atoms with Crippen LogP contribution in [0.1, 0.15) is 32.8 Å². The number of rotatable bonds is 10. The fourth-order valence-corrected chi connectivity index (χ4v) is 2.36. The summed E-state index contributed by atoms with van der Waals surface area (Å²) in [6, 6.07) is 9.33. The Balaban J connectivity index is 0.00000625. The van der Waals surface area contributed by atoms with E-state index in [1.807, 2.05) is 30.3 Å². The molecular weight excluding hydrogens is 413 g/mol. The Hall–Kier alpha value is -1.40. The van der Waals surface area contributed by atoms with Crippen LogP contribution in [0.15, 0.2) is 30.3 Å². The average molecular weight is 438 g/mol. The molecule has 0 saturated heterocycles. The van der Waals surface area contributed by atoms with Gasteiger partial charge in [-0.15, -0.1) is 12.1 Å². The number of esters is 3. The van der Waals surface area contributed by atoms with E-state index in [0.717, 1.165) is 5.56 Å². The number of carbonyl (C=O) groups is 3. The van der Waals surface area contributed by atoms with E-state index in [1.165, 1.54) is 0 Å². The molecule has 0 aliphatic carbocycles. The Morgan fingerprint density at radius 1 is 0.846 bits per heavy atom. The van der Waals surface area contributed by atoms with Crippen molar-refractivity contribution >= 4 is 17.9 Å². The number of benzene rings is 1. The molecular formula is C19H25O6Y-. The minimum absolute atomic E-state index is 0. The summed E-state index contributed by atoms with van der Waals surface area (Å²) in [4.78, 5) is 36.9. The van der Waals surface area contributed by atoms with Crippen LogP contribution in [0.2, 0.25) is 0 Å². The summed E-state index contributed by atoms with van der Waals surface area (Å²) >= 11 is 0. The molecule has 1 radical (unpaired) electrons. The van der Waals surface area contributed by atoms with Gasteiger partial charge in [0.05, 0.1) is 25.7 Å². The molecule has 7 heteroatoms. The molecule has 0 saturated carbocycles. The molecule has 0 bridgehead atoms. The largest absolute Gasteiger partial charge is 0.466 e. The molecule has 0 spiro atoms. The van der Waals surface area contributed by atoms with Crippen LogP contribution >= 0.6 is 0 Å². The van der Waals surface area contributed by atoms with Crippen LogP contribution in [0.5, 0.6) is 0 Å². The van der Waals surface area contributed by atoms with Crippen molar-refractivity contribution in [1.29, 1.82) is 0 Å². The first-order valence-electron chi connectivity index (χ1n) is 8.43. The monoisotopic (exact) mass is 438 g/mol. The van der Waals surface area contributed by atoms with Gasteiger partial charge in [0.15, 0.2) is 5.92 Å². The molecule has 0 N–H and O–H groups in total. The van der Waals surface area contributed by atoms with Crippen LogP contribution in [0.25, 0.3) is 0 Å². The fraction of sp³-hybridized carbons (Fsp3) is 0.474. The molecule has 1 aromatic carbocycles. The Bertz CT molecular complexity index is 542. The number of hydrogen-bond donors (Lipinski definition) is 0. The molecule has 1 atom stereocenters. The topological polar surface area (TPSA) is 78.9 Å². The molecule has 0 heterocycles. The second-order valence-electron chi connectivity index (χ2n) is 5.19. The quantitative estimate of drug-likeness (QED) is 0.242. The first-order chi connectivity index (χ1) is 12.0. The SMILES string of the molecule is CCOC(=O)C(C[CH-]c1ccccc1)C(C(=O)OCC)C(=O)OCC.[Y]. The molecule has 1 aromatic rings. The maximum absolute atomic E-state index is 12.4. The maximum Gasteiger partial charge on any atom is 0.321 e. The first-order valence-corrected chi connectivity index (χ1v) is 8.43. The Morgan fingerprint density at radius 3 is 1.77 bits per heavy atom. The summed E-state index contributed by atoms with van der Waals surface area (Å²) in [6.45, 7) is 5.29. The van der Waals surface area contributed by atoms with E-state index in [-0.39, 0.29) is 59.0 Å². The average Bonchev–Trinajstić information content (AvgIpc) is 2.59. The molecule has 0 fully saturated rings. The van der Waals surface area contributed by atoms with Crippen LogP contribution in [0.3, 0.4) is 0 Å². The third-order valence-corrected chi connectivity index (χ3v) is 3.48. The van der Waals surface area contributed by atoms with E-state index < -0.39 is 29.7 Å². The predicted octanol–water partition coefficient (Wildman–Crippen LogP) is 2.55. The molecule has 0 aliphatic heterocycles. The van der Waals surface area contributed by atoms with Crippen molar-refractivity contribution in [2.75, 3.05) is 19.8 Å². The van der Waals surface area contributed by atoms with Gasteiger partial charge in [-0.1, -0.05) is 12.5 Å². The molecule has 1 unspecified atom stereocenters. The molecule has 141 valence electrons. The second-order valence-corrected chi connectivity index (χ2v) is 5.19. The Labute approximate surface area is 179 Å². The van der Waals surface area contributed by atoms with Crippen LogP contribution < -0.4 is 0 Å². The third-order valence-electron chi connectivity index (χ3n) is 3.48. The summed E-state index contributed by atoms with van der Waals surface area (Å²) in [5.74, 6) is -4.53. The van der Waals surface area contributed by atoms with E-state index in [0.29, 0.717) is 0 Å². The van der Waals surface area contributed by atoms with Gasteiger partial charge in [0, 0.05) is 32.7 Å². The van der Waals surface area contributed by atoms with Gasteiger partial charge in [0.25, 0.3) is 0 Å². The zero-order valence-electron chi connectivity index (χ0n) is 15.5. The minimum atomic E-state index is -1.35. The van der Waals surface area contributed by atoms with Gasteiger partial charge in [0.2, 0.25) is 0 Å². The van der Waals surface area contributed by atoms with Gasteiger partial charge < -0.3 is 14.2 Å². The Morgan fingerprint density at radius 2 is 1.31 bits per heavy atom. The maximum atomic E-state index is 12.4. The fourth-order valence-electron chi connectivity index (χ4n) is 2.36. The van der Waals surface area contributed by atoms with Crippen molar-refractivity contribution in [1.82, 2.24) is 0 Å². The zero-order chi connectivity index (χ0) is 18.7. The summed E-state index contributed by atoms with van der Waals surface area (Å²) in [7, 11) is 0. The molecule has 26 heavy (non-hydrogen) atoms. The van der Waals surface area contributed by atoms with Crippen molar-refractivity contribution in [3.63, 3.8) is 0 Å². The van der Waals surface area contributed by atoms with Crippen LogP contribution in [-0.4, -0.2) is 37.7 Å². The van der Waals surface area contributed by atoms with Crippen molar-refractivity contribution < 1.29 is 61.3 Å². The van der Waals surface area contributed by atoms with E-state index in [4.69, 9.17) is 14.2 Å². The zero-order valence-corrected chi connectivity index (χ0v) is 18.3. The summed E-state index contributed by atoms with van der Waals surface area (Å²) in [5, 5.41) is 0. The predicted molar refractivity (Wildman–Crippen MR) is 91.3 cm³/mol. The van der Waals surface area contributed by atoms with Gasteiger partial charge in [-0.2, -0.15) is 24.1 Å². The van der Waals surface area contributed by atoms with Gasteiger partial charge in [-0.3, -0.25) is 14.4 Å². The molecule has 0 aliphatic rings. The second kappa shape index (κ2) is 13.8. The molecule has 0 amide bonds. The third kappa shape index (κ3) is 7.87. The molecule has 0 aromatic heterocycles. The van der Waals surface area contributed by atoms with Gasteiger partial charge in [-0.05, 0) is 20.8 Å². The standard InChI is InChI=1S/C19H25O6.Y/c1-4-23-17(20)15(13-12-14-10-8-7-9-11-14)16(18(21)24-5-2)19(22)25-6-3;/h7-12,15-16H,4-6,13H2,1-3H3;/q-1;. The van der Waals surface area contributed by atoms with E-state index >= 15 is 0 Å². The normalized spacial score (nSPS) is 11.1. The first kappa shape index (κ1) is 24.6. The van der Waals surface area contributed by atoms with E-state index in [9.17, 15) is 14.4 Å². The van der Waals surface area contributed by atoms with Crippen LogP contribution in [0, 0.1) is 18.3 Å². The van der Waals surface area contributed by atoms with Crippen molar-refractivity contribution in [2.24, 2.45) is 11.8 Å². The minimum Gasteiger partial charge on any atom is -0.466 e. The summed E-state index contributed by atoms with van der Waals surface area (Å²) in [6.07, 6.45) is 1.94. The number of hydrogen-bond acceptors (Lipinski definition) is 6. The summed E-state index contributed by atoms with van der Waals surface area (Å²) in [5.41, 5.74) is 0.878. The van der Waals surface area contributed by atoms with E-state index in [1.54, 1.807) is 27.2 Å². The smallest absolute Gasteiger partial charge is 0.321 e. The van der Waals surface area contributed by atoms with E-state index in [2.05, 4.69) is 0 Å². The van der Waals surface area contributed by atoms with Crippen LogP contribution in [-0.2, 0) is 61.3 Å².